The third-order valence-electron chi connectivity index (χ3n) is 6.22. The van der Waals surface area contributed by atoms with Crippen molar-refractivity contribution in [1.29, 1.82) is 0 Å². The van der Waals surface area contributed by atoms with E-state index in [0.717, 1.165) is 0 Å². The maximum absolute atomic E-state index is 12.3. The molecule has 0 saturated carbocycles. The molecule has 0 bridgehead atoms. The highest BCUT2D eigenvalue weighted by Gasteiger charge is 2.27. The van der Waals surface area contributed by atoms with Gasteiger partial charge < -0.3 is 10.6 Å². The first-order chi connectivity index (χ1) is 19.4. The molecule has 42 heavy (non-hydrogen) atoms. The summed E-state index contributed by atoms with van der Waals surface area (Å²) in [4.78, 5) is 44.0. The van der Waals surface area contributed by atoms with Crippen molar-refractivity contribution in [3.05, 3.63) is 66.7 Å². The molecule has 0 heterocycles. The summed E-state index contributed by atoms with van der Waals surface area (Å²) in [6.45, 7) is 6.03. The van der Waals surface area contributed by atoms with Crippen LogP contribution < -0.4 is 10.6 Å². The number of sulfone groups is 2. The number of rotatable bonds is 15. The number of carbonyl (C=O) groups is 2. The number of hydrogen-bond donors (Lipinski definition) is 2. The average Bonchev–Trinajstić information content (AvgIpc) is 2.78. The number of anilines is 2. The van der Waals surface area contributed by atoms with Gasteiger partial charge in [-0.05, 0) is 87.1 Å². The molecule has 0 spiro atoms. The van der Waals surface area contributed by atoms with Gasteiger partial charge in [0.25, 0.3) is 0 Å². The molecular formula is C26H34N4O10S2. The lowest BCUT2D eigenvalue weighted by atomic mass is 10.1. The fraction of sp³-hybridized carbons (Fsp3) is 0.462. The minimum Gasteiger partial charge on any atom is -0.326 e. The van der Waals surface area contributed by atoms with Crippen LogP contribution in [0.3, 0.4) is 0 Å². The van der Waals surface area contributed by atoms with Crippen molar-refractivity contribution in [2.45, 2.75) is 76.0 Å². The van der Waals surface area contributed by atoms with Gasteiger partial charge in [-0.3, -0.25) is 29.8 Å². The van der Waals surface area contributed by atoms with E-state index in [4.69, 9.17) is 0 Å². The minimum atomic E-state index is -4.11. The Hall–Kier alpha value is -3.92. The first kappa shape index (κ1) is 34.3. The number of nitro groups is 2. The van der Waals surface area contributed by atoms with Gasteiger partial charge in [0.15, 0.2) is 0 Å². The van der Waals surface area contributed by atoms with Crippen LogP contribution in [-0.4, -0.2) is 50.3 Å². The van der Waals surface area contributed by atoms with E-state index in [2.05, 4.69) is 10.6 Å². The van der Waals surface area contributed by atoms with Crippen LogP contribution >= 0.6 is 0 Å². The topological polar surface area (TPSA) is 213 Å². The lowest BCUT2D eigenvalue weighted by Crippen LogP contribution is -2.18. The molecule has 0 atom stereocenters. The van der Waals surface area contributed by atoms with E-state index < -0.39 is 41.3 Å². The smallest absolute Gasteiger partial charge is 0.305 e. The fourth-order valence-electron chi connectivity index (χ4n) is 4.80. The molecule has 14 nitrogen and oxygen atoms in total. The van der Waals surface area contributed by atoms with Crippen LogP contribution in [0.5, 0.6) is 0 Å². The summed E-state index contributed by atoms with van der Waals surface area (Å²) in [5, 5.41) is 26.8. The lowest BCUT2D eigenvalue weighted by molar-refractivity contribution is -0.458. The highest BCUT2D eigenvalue weighted by Crippen LogP contribution is 2.27. The van der Waals surface area contributed by atoms with Gasteiger partial charge in [-0.25, -0.2) is 16.8 Å². The Morgan fingerprint density at radius 3 is 1.17 bits per heavy atom. The number of carbonyl (C=O) groups excluding carboxylic acids is 2. The summed E-state index contributed by atoms with van der Waals surface area (Å²) in [5.74, 6) is -2.98. The number of aryl methyl sites for hydroxylation is 4. The van der Waals surface area contributed by atoms with Gasteiger partial charge in [-0.15, -0.1) is 0 Å². The molecule has 0 aliphatic rings. The normalized spacial score (nSPS) is 11.6. The molecule has 0 aromatic heterocycles. The van der Waals surface area contributed by atoms with Crippen molar-refractivity contribution >= 4 is 42.9 Å². The van der Waals surface area contributed by atoms with Crippen LogP contribution in [0.25, 0.3) is 0 Å². The molecule has 2 aromatic carbocycles. The molecule has 2 amide bonds. The van der Waals surface area contributed by atoms with Crippen molar-refractivity contribution in [2.75, 3.05) is 22.4 Å². The molecule has 230 valence electrons. The largest absolute Gasteiger partial charge is 0.326 e. The molecule has 0 saturated heterocycles. The number of unbranched alkanes of at least 4 members (excludes halogenated alkanes) is 3. The summed E-state index contributed by atoms with van der Waals surface area (Å²) in [6.07, 6.45) is 2.88. The number of hydrogen-bond acceptors (Lipinski definition) is 10. The van der Waals surface area contributed by atoms with Crippen molar-refractivity contribution in [3.8, 4) is 0 Å². The van der Waals surface area contributed by atoms with E-state index in [1.54, 1.807) is 0 Å². The van der Waals surface area contributed by atoms with Crippen LogP contribution in [0, 0.1) is 47.9 Å². The van der Waals surface area contributed by atoms with Gasteiger partial charge in [0.2, 0.25) is 31.5 Å². The second-order valence-corrected chi connectivity index (χ2v) is 13.8. The molecule has 0 aliphatic heterocycles. The summed E-state index contributed by atoms with van der Waals surface area (Å²) >= 11 is 0. The SMILES string of the molecule is Cc1cc(NC(=O)CCCCCCC(=O)Nc2cc(C)c(S(=O)(=O)C[N+](=O)[O-])c(C)c2)cc(C)c1S(=O)(=O)C[N+](=O)[O-]. The summed E-state index contributed by atoms with van der Waals surface area (Å²) < 4.78 is 49.1. The lowest BCUT2D eigenvalue weighted by Gasteiger charge is -2.13. The summed E-state index contributed by atoms with van der Waals surface area (Å²) in [6, 6.07) is 5.83. The third kappa shape index (κ3) is 9.87. The molecule has 0 radical (unpaired) electrons. The van der Waals surface area contributed by atoms with Crippen LogP contribution in [0.1, 0.15) is 60.8 Å². The van der Waals surface area contributed by atoms with E-state index in [1.807, 2.05) is 0 Å². The highest BCUT2D eigenvalue weighted by molar-refractivity contribution is 7.91. The second kappa shape index (κ2) is 14.3. The Morgan fingerprint density at radius 1 is 0.619 bits per heavy atom. The Bertz CT molecular complexity index is 1440. The average molecular weight is 627 g/mol. The maximum atomic E-state index is 12.3. The van der Waals surface area contributed by atoms with Crippen molar-refractivity contribution in [1.82, 2.24) is 0 Å². The van der Waals surface area contributed by atoms with E-state index in [-0.39, 0.29) is 34.4 Å². The van der Waals surface area contributed by atoms with Crippen LogP contribution in [0.15, 0.2) is 34.1 Å². The van der Waals surface area contributed by atoms with Crippen LogP contribution in [0.4, 0.5) is 11.4 Å². The molecule has 2 rings (SSSR count). The third-order valence-corrected chi connectivity index (χ3v) is 9.85. The first-order valence-electron chi connectivity index (χ1n) is 12.9. The maximum Gasteiger partial charge on any atom is 0.305 e. The Kier molecular flexibility index (Phi) is 11.7. The predicted molar refractivity (Wildman–Crippen MR) is 155 cm³/mol. The van der Waals surface area contributed by atoms with Crippen LogP contribution in [0.2, 0.25) is 0 Å². The van der Waals surface area contributed by atoms with Gasteiger partial charge in [0.05, 0.1) is 9.79 Å². The zero-order valence-electron chi connectivity index (χ0n) is 23.8. The quantitative estimate of drug-likeness (QED) is 0.165. The van der Waals surface area contributed by atoms with Crippen molar-refractivity contribution in [3.63, 3.8) is 0 Å². The van der Waals surface area contributed by atoms with Gasteiger partial charge in [0.1, 0.15) is 0 Å². The van der Waals surface area contributed by atoms with Crippen LogP contribution in [-0.2, 0) is 29.3 Å². The molecule has 16 heteroatoms. The Labute approximate surface area is 244 Å². The second-order valence-electron chi connectivity index (χ2n) is 10.0. The Balaban J connectivity index is 1.80. The standard InChI is InChI=1S/C26H34N4O10S2/c1-17-11-21(12-18(2)25(17)41(37,38)15-29(33)34)27-23(31)9-7-5-6-8-10-24(32)28-22-13-19(3)26(20(4)14-22)42(39,40)16-30(35)36/h11-14H,5-10,15-16H2,1-4H3,(H,27,31)(H,28,32). The summed E-state index contributed by atoms with van der Waals surface area (Å²) in [5.41, 5.74) is 1.97. The predicted octanol–water partition coefficient (Wildman–Crippen LogP) is 3.85. The van der Waals surface area contributed by atoms with E-state index in [1.165, 1.54) is 52.0 Å². The zero-order valence-corrected chi connectivity index (χ0v) is 25.4. The van der Waals surface area contributed by atoms with Crippen molar-refractivity contribution < 1.29 is 36.3 Å². The highest BCUT2D eigenvalue weighted by atomic mass is 32.2. The minimum absolute atomic E-state index is 0.121. The van der Waals surface area contributed by atoms with Gasteiger partial charge in [-0.1, -0.05) is 12.8 Å². The molecular weight excluding hydrogens is 592 g/mol. The number of nitrogens with one attached hydrogen (secondary N) is 2. The first-order valence-corrected chi connectivity index (χ1v) is 16.2. The molecule has 0 unspecified atom stereocenters. The monoisotopic (exact) mass is 626 g/mol. The molecule has 2 N–H and O–H groups in total. The van der Waals surface area contributed by atoms with Gasteiger partial charge in [-0.2, -0.15) is 0 Å². The summed E-state index contributed by atoms with van der Waals surface area (Å²) in [7, 11) is -8.22. The molecule has 0 fully saturated rings. The molecule has 0 aliphatic carbocycles. The van der Waals surface area contributed by atoms with Gasteiger partial charge in [0, 0.05) is 34.1 Å². The number of nitrogens with zero attached hydrogens (tertiary/aromatic N) is 2. The number of amides is 2. The fourth-order valence-corrected chi connectivity index (χ4v) is 7.82. The van der Waals surface area contributed by atoms with E-state index in [0.29, 0.717) is 59.3 Å². The number of benzene rings is 2. The Morgan fingerprint density at radius 2 is 0.905 bits per heavy atom. The van der Waals surface area contributed by atoms with E-state index >= 15 is 0 Å². The van der Waals surface area contributed by atoms with Crippen molar-refractivity contribution in [2.24, 2.45) is 0 Å². The molecule has 2 aromatic rings. The van der Waals surface area contributed by atoms with Gasteiger partial charge >= 0.3 is 11.8 Å². The van der Waals surface area contributed by atoms with E-state index in [9.17, 15) is 46.7 Å². The zero-order chi connectivity index (χ0) is 31.8.